The highest BCUT2D eigenvalue weighted by molar-refractivity contribution is 7.91. The highest BCUT2D eigenvalue weighted by Crippen LogP contribution is 2.46. The van der Waals surface area contributed by atoms with Crippen molar-refractivity contribution >= 4 is 39.5 Å². The van der Waals surface area contributed by atoms with Crippen LogP contribution in [0.1, 0.15) is 51.4 Å². The lowest BCUT2D eigenvalue weighted by molar-refractivity contribution is -0.140. The van der Waals surface area contributed by atoms with Gasteiger partial charge in [-0.2, -0.15) is 0 Å². The number of hydrogen-bond acceptors (Lipinski definition) is 7. The van der Waals surface area contributed by atoms with Gasteiger partial charge in [-0.25, -0.2) is 17.6 Å². The first-order valence-corrected chi connectivity index (χ1v) is 16.0. The SMILES string of the molecule is C=CCCCCN(C)C(=O)C1CC(OC(=O)Nc2ccccc2F)CC1C(=O)NC1(C(=O)NS(=O)(=O)C2CC2)CC1C=C. The summed E-state index contributed by atoms with van der Waals surface area (Å²) in [4.78, 5) is 54.5. The normalized spacial score (nSPS) is 26.1. The lowest BCUT2D eigenvalue weighted by Crippen LogP contribution is -2.54. The van der Waals surface area contributed by atoms with Crippen LogP contribution in [0.3, 0.4) is 0 Å². The van der Waals surface area contributed by atoms with Crippen LogP contribution in [-0.2, 0) is 29.1 Å². The third-order valence-electron chi connectivity index (χ3n) is 8.33. The largest absolute Gasteiger partial charge is 0.446 e. The highest BCUT2D eigenvalue weighted by atomic mass is 32.2. The maximum atomic E-state index is 14.0. The molecule has 43 heavy (non-hydrogen) atoms. The number of carbonyl (C=O) groups excluding carboxylic acids is 4. The number of unbranched alkanes of at least 4 members (excludes halogenated alkanes) is 2. The standard InChI is InChI=1S/C30H39FN4O7S/c1-4-6-7-10-15-35(3)27(37)23-17-20(42-29(39)32-25-12-9-8-11-24(25)31)16-22(23)26(36)33-30(18-19(30)5-2)28(38)34-43(40,41)21-13-14-21/h4-5,8-9,11-12,19-23H,1-2,6-7,10,13-18H2,3H3,(H,32,39)(H,33,36)(H,34,38). The molecule has 3 fully saturated rings. The molecule has 1 aromatic carbocycles. The number of nitrogens with one attached hydrogen (secondary N) is 3. The molecule has 1 aromatic rings. The summed E-state index contributed by atoms with van der Waals surface area (Å²) in [5.41, 5.74) is -1.59. The van der Waals surface area contributed by atoms with Gasteiger partial charge in [0.1, 0.15) is 17.5 Å². The van der Waals surface area contributed by atoms with E-state index < -0.39 is 68.4 Å². The Morgan fingerprint density at radius 1 is 1.12 bits per heavy atom. The van der Waals surface area contributed by atoms with Crippen molar-refractivity contribution in [1.82, 2.24) is 14.9 Å². The van der Waals surface area contributed by atoms with Gasteiger partial charge in [-0.3, -0.25) is 24.4 Å². The number of sulfonamides is 1. The van der Waals surface area contributed by atoms with Gasteiger partial charge in [0.15, 0.2) is 0 Å². The summed E-state index contributed by atoms with van der Waals surface area (Å²) >= 11 is 0. The van der Waals surface area contributed by atoms with E-state index in [1.165, 1.54) is 29.2 Å². The Labute approximate surface area is 251 Å². The Kier molecular flexibility index (Phi) is 9.93. The van der Waals surface area contributed by atoms with Crippen LogP contribution in [0, 0.1) is 23.6 Å². The monoisotopic (exact) mass is 618 g/mol. The summed E-state index contributed by atoms with van der Waals surface area (Å²) in [5.74, 6) is -4.75. The number of halogens is 1. The van der Waals surface area contributed by atoms with Crippen LogP contribution < -0.4 is 15.4 Å². The van der Waals surface area contributed by atoms with E-state index in [-0.39, 0.29) is 30.9 Å². The van der Waals surface area contributed by atoms with E-state index in [0.717, 1.165) is 19.3 Å². The number of allylic oxidation sites excluding steroid dienone is 1. The molecule has 234 valence electrons. The fraction of sp³-hybridized carbons (Fsp3) is 0.533. The predicted molar refractivity (Wildman–Crippen MR) is 157 cm³/mol. The van der Waals surface area contributed by atoms with Crippen molar-refractivity contribution < 1.29 is 36.7 Å². The van der Waals surface area contributed by atoms with Crippen molar-refractivity contribution in [2.75, 3.05) is 18.9 Å². The smallest absolute Gasteiger partial charge is 0.411 e. The van der Waals surface area contributed by atoms with Crippen molar-refractivity contribution in [3.63, 3.8) is 0 Å². The van der Waals surface area contributed by atoms with E-state index in [4.69, 9.17) is 4.74 Å². The Morgan fingerprint density at radius 3 is 2.44 bits per heavy atom. The molecule has 3 aliphatic carbocycles. The van der Waals surface area contributed by atoms with Crippen LogP contribution >= 0.6 is 0 Å². The fourth-order valence-electron chi connectivity index (χ4n) is 5.56. The lowest BCUT2D eigenvalue weighted by Gasteiger charge is -2.26. The molecule has 0 aliphatic heterocycles. The molecule has 0 saturated heterocycles. The third-order valence-corrected chi connectivity index (χ3v) is 10.2. The van der Waals surface area contributed by atoms with Gasteiger partial charge < -0.3 is 15.0 Å². The molecular formula is C30H39FN4O7S. The summed E-state index contributed by atoms with van der Waals surface area (Å²) in [6, 6.07) is 5.57. The summed E-state index contributed by atoms with van der Waals surface area (Å²) < 4.78 is 46.5. The molecule has 4 amide bonds. The topological polar surface area (TPSA) is 151 Å². The van der Waals surface area contributed by atoms with Gasteiger partial charge in [0.05, 0.1) is 22.8 Å². The molecule has 3 aliphatic rings. The zero-order valence-corrected chi connectivity index (χ0v) is 25.0. The van der Waals surface area contributed by atoms with Crippen molar-refractivity contribution in [3.8, 4) is 0 Å². The van der Waals surface area contributed by atoms with E-state index in [0.29, 0.717) is 19.4 Å². The molecule has 3 saturated carbocycles. The van der Waals surface area contributed by atoms with Gasteiger partial charge in [-0.15, -0.1) is 13.2 Å². The number of anilines is 1. The first kappa shape index (κ1) is 32.2. The molecule has 0 spiro atoms. The van der Waals surface area contributed by atoms with Crippen LogP contribution in [0.5, 0.6) is 0 Å². The number of amides is 4. The first-order chi connectivity index (χ1) is 20.4. The summed E-state index contributed by atoms with van der Waals surface area (Å²) in [5, 5.41) is 4.43. The zero-order valence-electron chi connectivity index (χ0n) is 24.2. The van der Waals surface area contributed by atoms with Crippen molar-refractivity contribution in [1.29, 1.82) is 0 Å². The minimum Gasteiger partial charge on any atom is -0.446 e. The van der Waals surface area contributed by atoms with Crippen LogP contribution in [-0.4, -0.2) is 67.6 Å². The summed E-state index contributed by atoms with van der Waals surface area (Å²) in [6.07, 6.45) is 4.97. The Morgan fingerprint density at radius 2 is 1.81 bits per heavy atom. The molecule has 0 radical (unpaired) electrons. The van der Waals surface area contributed by atoms with E-state index >= 15 is 0 Å². The highest BCUT2D eigenvalue weighted by Gasteiger charge is 2.62. The number of carbonyl (C=O) groups is 4. The average molecular weight is 619 g/mol. The Bertz CT molecular complexity index is 1380. The van der Waals surface area contributed by atoms with Gasteiger partial charge in [0, 0.05) is 19.5 Å². The lowest BCUT2D eigenvalue weighted by atomic mass is 9.93. The van der Waals surface area contributed by atoms with E-state index in [9.17, 15) is 32.0 Å². The summed E-state index contributed by atoms with van der Waals surface area (Å²) in [7, 11) is -2.22. The van der Waals surface area contributed by atoms with Gasteiger partial charge in [0.25, 0.3) is 5.91 Å². The minimum atomic E-state index is -3.86. The molecule has 3 N–H and O–H groups in total. The molecule has 5 atom stereocenters. The Balaban J connectivity index is 1.48. The predicted octanol–water partition coefficient (Wildman–Crippen LogP) is 3.25. The molecule has 4 rings (SSSR count). The molecule has 5 unspecified atom stereocenters. The van der Waals surface area contributed by atoms with Crippen LogP contribution in [0.25, 0.3) is 0 Å². The summed E-state index contributed by atoms with van der Waals surface area (Å²) in [6.45, 7) is 7.85. The van der Waals surface area contributed by atoms with Gasteiger partial charge in [-0.1, -0.05) is 24.3 Å². The molecular weight excluding hydrogens is 579 g/mol. The molecule has 11 nitrogen and oxygen atoms in total. The van der Waals surface area contributed by atoms with Gasteiger partial charge >= 0.3 is 6.09 Å². The number of benzene rings is 1. The van der Waals surface area contributed by atoms with Crippen molar-refractivity contribution in [2.45, 2.75) is 68.3 Å². The number of nitrogens with zero attached hydrogens (tertiary/aromatic N) is 1. The first-order valence-electron chi connectivity index (χ1n) is 14.5. The molecule has 0 aromatic heterocycles. The van der Waals surface area contributed by atoms with Crippen LogP contribution in [0.15, 0.2) is 49.6 Å². The van der Waals surface area contributed by atoms with Crippen molar-refractivity contribution in [2.24, 2.45) is 17.8 Å². The van der Waals surface area contributed by atoms with Gasteiger partial charge in [-0.05, 0) is 63.5 Å². The number of rotatable bonds is 14. The number of ether oxygens (including phenoxy) is 1. The van der Waals surface area contributed by atoms with E-state index in [2.05, 4.69) is 28.5 Å². The molecule has 13 heteroatoms. The maximum absolute atomic E-state index is 14.0. The molecule has 0 bridgehead atoms. The third kappa shape index (κ3) is 7.62. The molecule has 0 heterocycles. The van der Waals surface area contributed by atoms with E-state index in [1.54, 1.807) is 19.2 Å². The second kappa shape index (κ2) is 13.3. The quantitative estimate of drug-likeness (QED) is 0.214. The zero-order chi connectivity index (χ0) is 31.4. The minimum absolute atomic E-state index is 0.0198. The van der Waals surface area contributed by atoms with Crippen molar-refractivity contribution in [3.05, 3.63) is 55.4 Å². The number of hydrogen-bond donors (Lipinski definition) is 3. The fourth-order valence-corrected chi connectivity index (χ4v) is 6.93. The van der Waals surface area contributed by atoms with Crippen LogP contribution in [0.4, 0.5) is 14.9 Å². The van der Waals surface area contributed by atoms with Crippen LogP contribution in [0.2, 0.25) is 0 Å². The van der Waals surface area contributed by atoms with Gasteiger partial charge in [0.2, 0.25) is 21.8 Å². The maximum Gasteiger partial charge on any atom is 0.411 e. The second-order valence-corrected chi connectivity index (χ2v) is 13.5. The van der Waals surface area contributed by atoms with E-state index in [1.807, 2.05) is 0 Å². The number of para-hydroxylation sites is 1. The second-order valence-electron chi connectivity index (χ2n) is 11.5. The Hall–Kier alpha value is -3.74. The average Bonchev–Trinajstić information content (AvgIpc) is 3.89.